The molecule has 0 bridgehead atoms. The second kappa shape index (κ2) is 7.99. The normalized spacial score (nSPS) is 11.8. The Kier molecular flexibility index (Phi) is 6.01. The van der Waals surface area contributed by atoms with Gasteiger partial charge < -0.3 is 15.0 Å². The SMILES string of the molecule is COC(=O)[C@H](Cc1cnc[nH]1)NC(=O)Cc1cc(Cl)ccc1Cl. The molecule has 0 saturated carbocycles. The van der Waals surface area contributed by atoms with Gasteiger partial charge in [0.2, 0.25) is 5.91 Å². The summed E-state index contributed by atoms with van der Waals surface area (Å²) in [6, 6.07) is 4.06. The molecule has 1 aromatic carbocycles. The van der Waals surface area contributed by atoms with Gasteiger partial charge in [0, 0.05) is 28.4 Å². The molecular formula is C15H15Cl2N3O3. The predicted octanol–water partition coefficient (Wildman–Crippen LogP) is 2.16. The molecule has 1 aromatic heterocycles. The first-order valence-corrected chi connectivity index (χ1v) is 7.53. The van der Waals surface area contributed by atoms with E-state index >= 15 is 0 Å². The molecule has 1 heterocycles. The van der Waals surface area contributed by atoms with Crippen LogP contribution in [0.25, 0.3) is 0 Å². The smallest absolute Gasteiger partial charge is 0.328 e. The first kappa shape index (κ1) is 17.3. The van der Waals surface area contributed by atoms with Crippen molar-refractivity contribution < 1.29 is 14.3 Å². The van der Waals surface area contributed by atoms with Gasteiger partial charge in [-0.15, -0.1) is 0 Å². The number of hydrogen-bond acceptors (Lipinski definition) is 4. The minimum Gasteiger partial charge on any atom is -0.467 e. The summed E-state index contributed by atoms with van der Waals surface area (Å²) in [5, 5.41) is 3.56. The topological polar surface area (TPSA) is 84.1 Å². The molecule has 0 saturated heterocycles. The lowest BCUT2D eigenvalue weighted by atomic mass is 10.1. The highest BCUT2D eigenvalue weighted by Gasteiger charge is 2.23. The van der Waals surface area contributed by atoms with E-state index in [4.69, 9.17) is 27.9 Å². The monoisotopic (exact) mass is 355 g/mol. The average molecular weight is 356 g/mol. The molecule has 0 aliphatic heterocycles. The number of nitrogens with zero attached hydrogens (tertiary/aromatic N) is 1. The molecule has 6 nitrogen and oxygen atoms in total. The number of halogens is 2. The van der Waals surface area contributed by atoms with Gasteiger partial charge in [0.05, 0.1) is 19.9 Å². The Morgan fingerprint density at radius 2 is 2.17 bits per heavy atom. The first-order chi connectivity index (χ1) is 11.0. The summed E-state index contributed by atoms with van der Waals surface area (Å²) in [6.45, 7) is 0. The molecule has 23 heavy (non-hydrogen) atoms. The van der Waals surface area contributed by atoms with Crippen LogP contribution in [0, 0.1) is 0 Å². The van der Waals surface area contributed by atoms with Gasteiger partial charge in [-0.05, 0) is 23.8 Å². The van der Waals surface area contributed by atoms with E-state index in [1.807, 2.05) is 0 Å². The number of ether oxygens (including phenoxy) is 1. The van der Waals surface area contributed by atoms with Gasteiger partial charge >= 0.3 is 5.97 Å². The van der Waals surface area contributed by atoms with E-state index in [0.29, 0.717) is 21.3 Å². The summed E-state index contributed by atoms with van der Waals surface area (Å²) < 4.78 is 4.72. The van der Waals surface area contributed by atoms with E-state index in [1.165, 1.54) is 13.4 Å². The Morgan fingerprint density at radius 1 is 1.39 bits per heavy atom. The van der Waals surface area contributed by atoms with Crippen molar-refractivity contribution in [1.82, 2.24) is 15.3 Å². The maximum Gasteiger partial charge on any atom is 0.328 e. The van der Waals surface area contributed by atoms with E-state index in [2.05, 4.69) is 15.3 Å². The Hall–Kier alpha value is -2.05. The average Bonchev–Trinajstić information content (AvgIpc) is 3.02. The fourth-order valence-corrected chi connectivity index (χ4v) is 2.43. The van der Waals surface area contributed by atoms with Crippen LogP contribution in [0.1, 0.15) is 11.3 Å². The molecule has 0 aliphatic rings. The minimum atomic E-state index is -0.814. The highest BCUT2D eigenvalue weighted by atomic mass is 35.5. The number of rotatable bonds is 6. The number of H-pyrrole nitrogens is 1. The third kappa shape index (κ3) is 4.97. The second-order valence-electron chi connectivity index (χ2n) is 4.84. The van der Waals surface area contributed by atoms with Gasteiger partial charge in [0.1, 0.15) is 6.04 Å². The van der Waals surface area contributed by atoms with Crippen LogP contribution in [-0.4, -0.2) is 35.0 Å². The molecule has 2 aromatic rings. The van der Waals surface area contributed by atoms with E-state index < -0.39 is 12.0 Å². The Balaban J connectivity index is 2.05. The quantitative estimate of drug-likeness (QED) is 0.777. The number of methoxy groups -OCH3 is 1. The van der Waals surface area contributed by atoms with Crippen molar-refractivity contribution in [3.63, 3.8) is 0 Å². The van der Waals surface area contributed by atoms with Gasteiger partial charge in [-0.25, -0.2) is 9.78 Å². The van der Waals surface area contributed by atoms with Crippen molar-refractivity contribution in [2.24, 2.45) is 0 Å². The van der Waals surface area contributed by atoms with Crippen LogP contribution in [0.15, 0.2) is 30.7 Å². The number of esters is 1. The third-order valence-electron chi connectivity index (χ3n) is 3.16. The van der Waals surface area contributed by atoms with Gasteiger partial charge in [0.15, 0.2) is 0 Å². The number of carbonyl (C=O) groups is 2. The third-order valence-corrected chi connectivity index (χ3v) is 3.76. The molecule has 0 spiro atoms. The number of amides is 1. The Labute approximate surface area is 143 Å². The first-order valence-electron chi connectivity index (χ1n) is 6.78. The van der Waals surface area contributed by atoms with Crippen molar-refractivity contribution in [2.75, 3.05) is 7.11 Å². The Morgan fingerprint density at radius 3 is 2.83 bits per heavy atom. The summed E-state index contributed by atoms with van der Waals surface area (Å²) in [6.07, 6.45) is 3.34. The molecule has 0 radical (unpaired) electrons. The minimum absolute atomic E-state index is 0.00979. The molecule has 1 atom stereocenters. The van der Waals surface area contributed by atoms with Crippen LogP contribution in [0.2, 0.25) is 10.0 Å². The zero-order valence-electron chi connectivity index (χ0n) is 12.3. The van der Waals surface area contributed by atoms with Crippen molar-refractivity contribution in [1.29, 1.82) is 0 Å². The molecule has 1 amide bonds. The van der Waals surface area contributed by atoms with Crippen molar-refractivity contribution >= 4 is 35.1 Å². The molecule has 8 heteroatoms. The van der Waals surface area contributed by atoms with Crippen LogP contribution in [0.5, 0.6) is 0 Å². The van der Waals surface area contributed by atoms with Crippen LogP contribution in [-0.2, 0) is 27.2 Å². The number of imidazole rings is 1. The zero-order chi connectivity index (χ0) is 16.8. The highest BCUT2D eigenvalue weighted by Crippen LogP contribution is 2.21. The van der Waals surface area contributed by atoms with Crippen LogP contribution < -0.4 is 5.32 Å². The summed E-state index contributed by atoms with van der Waals surface area (Å²) in [5.41, 5.74) is 1.29. The summed E-state index contributed by atoms with van der Waals surface area (Å²) in [7, 11) is 1.27. The zero-order valence-corrected chi connectivity index (χ0v) is 13.8. The molecule has 0 aliphatic carbocycles. The lowest BCUT2D eigenvalue weighted by molar-refractivity contribution is -0.145. The number of aromatic nitrogens is 2. The van der Waals surface area contributed by atoms with Crippen molar-refractivity contribution in [2.45, 2.75) is 18.9 Å². The number of carbonyl (C=O) groups excluding carboxylic acids is 2. The molecule has 0 unspecified atom stereocenters. The fourth-order valence-electron chi connectivity index (χ4n) is 2.05. The second-order valence-corrected chi connectivity index (χ2v) is 5.68. The summed E-state index contributed by atoms with van der Waals surface area (Å²) in [4.78, 5) is 30.8. The molecular weight excluding hydrogens is 341 g/mol. The fraction of sp³-hybridized carbons (Fsp3) is 0.267. The van der Waals surface area contributed by atoms with Crippen molar-refractivity contribution in [3.05, 3.63) is 52.0 Å². The van der Waals surface area contributed by atoms with E-state index in [-0.39, 0.29) is 18.7 Å². The Bertz CT molecular complexity index is 689. The number of hydrogen-bond donors (Lipinski definition) is 2. The van der Waals surface area contributed by atoms with Crippen LogP contribution in [0.4, 0.5) is 0 Å². The molecule has 122 valence electrons. The van der Waals surface area contributed by atoms with Gasteiger partial charge in [-0.3, -0.25) is 4.79 Å². The van der Waals surface area contributed by atoms with E-state index in [1.54, 1.807) is 24.4 Å². The highest BCUT2D eigenvalue weighted by molar-refractivity contribution is 6.33. The largest absolute Gasteiger partial charge is 0.467 e. The predicted molar refractivity (Wildman–Crippen MR) is 86.4 cm³/mol. The molecule has 2 rings (SSSR count). The van der Waals surface area contributed by atoms with Gasteiger partial charge in [0.25, 0.3) is 0 Å². The van der Waals surface area contributed by atoms with Gasteiger partial charge in [-0.1, -0.05) is 23.2 Å². The molecule has 0 fully saturated rings. The van der Waals surface area contributed by atoms with Crippen LogP contribution >= 0.6 is 23.2 Å². The maximum atomic E-state index is 12.2. The number of nitrogens with one attached hydrogen (secondary N) is 2. The number of aromatic amines is 1. The standard InChI is InChI=1S/C15H15Cl2N3O3/c1-23-15(22)13(6-11-7-18-8-19-11)20-14(21)5-9-4-10(16)2-3-12(9)17/h2-4,7-8,13H,5-6H2,1H3,(H,18,19)(H,20,21)/t13-/m0/s1. The summed E-state index contributed by atoms with van der Waals surface area (Å²) >= 11 is 11.9. The van der Waals surface area contributed by atoms with Gasteiger partial charge in [-0.2, -0.15) is 0 Å². The van der Waals surface area contributed by atoms with E-state index in [9.17, 15) is 9.59 Å². The molecule has 2 N–H and O–H groups in total. The van der Waals surface area contributed by atoms with Crippen LogP contribution in [0.3, 0.4) is 0 Å². The lowest BCUT2D eigenvalue weighted by Crippen LogP contribution is -2.43. The number of benzene rings is 1. The van der Waals surface area contributed by atoms with Crippen molar-refractivity contribution in [3.8, 4) is 0 Å². The summed E-state index contributed by atoms with van der Waals surface area (Å²) in [5.74, 6) is -0.894. The maximum absolute atomic E-state index is 12.2. The lowest BCUT2D eigenvalue weighted by Gasteiger charge is -2.16. The van der Waals surface area contributed by atoms with E-state index in [0.717, 1.165) is 0 Å².